The maximum Gasteiger partial charge on any atom is 2.00 e. The molecule has 204 valence electrons. The summed E-state index contributed by atoms with van der Waals surface area (Å²) >= 11 is 11.7. The molecule has 2 heterocycles. The molecule has 2 N–H and O–H groups in total. The van der Waals surface area contributed by atoms with Gasteiger partial charge in [0.15, 0.2) is 0 Å². The molecule has 9 heteroatoms. The van der Waals surface area contributed by atoms with Crippen molar-refractivity contribution >= 4 is 35.6 Å². The minimum absolute atomic E-state index is 0. The van der Waals surface area contributed by atoms with Crippen LogP contribution < -0.4 is 0 Å². The van der Waals surface area contributed by atoms with Gasteiger partial charge in [0.25, 0.3) is 0 Å². The average Bonchev–Trinajstić information content (AvgIpc) is 2.84. The minimum Gasteiger partial charge on any atom is -0.655 e. The van der Waals surface area contributed by atoms with E-state index in [2.05, 4.69) is 34.5 Å². The molecule has 2 aliphatic heterocycles. The van der Waals surface area contributed by atoms with Crippen molar-refractivity contribution in [1.29, 1.82) is 0 Å². The van der Waals surface area contributed by atoms with Crippen LogP contribution in [0.4, 0.5) is 0 Å². The Morgan fingerprint density at radius 2 is 1.16 bits per heavy atom. The Morgan fingerprint density at radius 1 is 0.757 bits per heavy atom. The van der Waals surface area contributed by atoms with Crippen molar-refractivity contribution in [2.75, 3.05) is 13.1 Å². The number of phenols is 2. The molecule has 2 aromatic carbocycles. The fourth-order valence-electron chi connectivity index (χ4n) is 4.40. The van der Waals surface area contributed by atoms with Crippen LogP contribution in [0.1, 0.15) is 63.5 Å². The second-order valence-electron chi connectivity index (χ2n) is 9.56. The Morgan fingerprint density at radius 3 is 1.54 bits per heavy atom. The predicted molar refractivity (Wildman–Crippen MR) is 152 cm³/mol. The Labute approximate surface area is 240 Å². The van der Waals surface area contributed by atoms with Crippen molar-refractivity contribution in [3.05, 3.63) is 68.2 Å². The van der Waals surface area contributed by atoms with Gasteiger partial charge in [-0.2, -0.15) is 0 Å². The first-order chi connectivity index (χ1) is 17.3. The van der Waals surface area contributed by atoms with Crippen LogP contribution in [0.3, 0.4) is 0 Å². The zero-order valence-electron chi connectivity index (χ0n) is 21.3. The quantitative estimate of drug-likeness (QED) is 0.269. The maximum absolute atomic E-state index is 9.64. The van der Waals surface area contributed by atoms with Gasteiger partial charge in [-0.1, -0.05) is 75.6 Å². The van der Waals surface area contributed by atoms with Gasteiger partial charge in [-0.25, -0.2) is 0 Å². The van der Waals surface area contributed by atoms with E-state index >= 15 is 0 Å². The number of phenolic OH excluding ortho intramolecular Hbond substituents is 2. The molecule has 0 aromatic heterocycles. The topological polar surface area (TPSA) is 93.4 Å². The van der Waals surface area contributed by atoms with Gasteiger partial charge in [0, 0.05) is 46.7 Å². The van der Waals surface area contributed by atoms with Gasteiger partial charge in [-0.15, -0.1) is 24.2 Å². The van der Waals surface area contributed by atoms with Crippen molar-refractivity contribution in [3.63, 3.8) is 0 Å². The van der Waals surface area contributed by atoms with E-state index in [0.717, 1.165) is 12.8 Å². The van der Waals surface area contributed by atoms with E-state index in [0.29, 0.717) is 58.4 Å². The number of rotatable bonds is 6. The monoisotopic (exact) mass is 588 g/mol. The third kappa shape index (κ3) is 11.3. The van der Waals surface area contributed by atoms with E-state index < -0.39 is 0 Å². The molecule has 0 spiro atoms. The second kappa shape index (κ2) is 16.4. The van der Waals surface area contributed by atoms with E-state index in [-0.39, 0.29) is 28.0 Å². The summed E-state index contributed by atoms with van der Waals surface area (Å²) in [6.07, 6.45) is 10.4. The van der Waals surface area contributed by atoms with Crippen LogP contribution in [-0.4, -0.2) is 59.9 Å². The molecule has 2 saturated heterocycles. The van der Waals surface area contributed by atoms with Gasteiger partial charge in [0.05, 0.1) is 0 Å². The first-order valence-corrected chi connectivity index (χ1v) is 13.4. The summed E-state index contributed by atoms with van der Waals surface area (Å²) in [6, 6.07) is 11.5. The minimum atomic E-state index is 0. The number of nitrogens with zero attached hydrogens (tertiary/aromatic N) is 4. The summed E-state index contributed by atoms with van der Waals surface area (Å²) in [5.41, 5.74) is 1.32. The molecular formula is C28H36Cl2N4NiO2. The van der Waals surface area contributed by atoms with Crippen LogP contribution in [0.25, 0.3) is 10.6 Å². The van der Waals surface area contributed by atoms with Crippen LogP contribution in [0.5, 0.6) is 11.5 Å². The maximum atomic E-state index is 9.64. The predicted octanol–water partition coefficient (Wildman–Crippen LogP) is 7.56. The van der Waals surface area contributed by atoms with Crippen molar-refractivity contribution in [2.45, 2.75) is 76.5 Å². The molecule has 0 aliphatic carbocycles. The molecule has 0 bridgehead atoms. The largest absolute Gasteiger partial charge is 2.00 e. The molecule has 4 unspecified atom stereocenters. The van der Waals surface area contributed by atoms with Crippen LogP contribution in [0, 0.1) is 0 Å². The zero-order valence-corrected chi connectivity index (χ0v) is 23.8. The van der Waals surface area contributed by atoms with Crippen LogP contribution in [-0.2, 0) is 16.5 Å². The average molecular weight is 590 g/mol. The summed E-state index contributed by atoms with van der Waals surface area (Å²) in [7, 11) is 0. The van der Waals surface area contributed by atoms with Gasteiger partial charge in [-0.05, 0) is 36.4 Å². The van der Waals surface area contributed by atoms with Gasteiger partial charge in [0.2, 0.25) is 0 Å². The molecular weight excluding hydrogens is 554 g/mol. The number of benzene rings is 2. The summed E-state index contributed by atoms with van der Waals surface area (Å²) in [4.78, 5) is 8.73. The van der Waals surface area contributed by atoms with Crippen LogP contribution >= 0.6 is 23.2 Å². The number of halogens is 2. The summed E-state index contributed by atoms with van der Waals surface area (Å²) < 4.78 is 0. The van der Waals surface area contributed by atoms with E-state index in [1.807, 2.05) is 0 Å². The first-order valence-electron chi connectivity index (χ1n) is 12.7. The van der Waals surface area contributed by atoms with Crippen LogP contribution in [0.2, 0.25) is 10.0 Å². The molecule has 37 heavy (non-hydrogen) atoms. The zero-order chi connectivity index (χ0) is 25.9. The van der Waals surface area contributed by atoms with Crippen molar-refractivity contribution in [2.24, 2.45) is 9.98 Å². The van der Waals surface area contributed by atoms with E-state index in [9.17, 15) is 10.2 Å². The van der Waals surface area contributed by atoms with Gasteiger partial charge in [0.1, 0.15) is 11.5 Å². The fraction of sp³-hybridized carbons (Fsp3) is 0.500. The van der Waals surface area contributed by atoms with Gasteiger partial charge in [-0.3, -0.25) is 9.98 Å². The molecule has 2 aromatic rings. The molecule has 0 saturated carbocycles. The van der Waals surface area contributed by atoms with Crippen molar-refractivity contribution in [1.82, 2.24) is 0 Å². The van der Waals surface area contributed by atoms with E-state index in [4.69, 9.17) is 23.2 Å². The van der Waals surface area contributed by atoms with Gasteiger partial charge < -0.3 is 20.8 Å². The Kier molecular flexibility index (Phi) is 14.0. The molecule has 2 aliphatic rings. The van der Waals surface area contributed by atoms with Crippen molar-refractivity contribution < 1.29 is 26.7 Å². The number of aromatic hydroxyl groups is 2. The Hall–Kier alpha value is -1.63. The van der Waals surface area contributed by atoms with E-state index in [1.165, 1.54) is 25.7 Å². The standard InChI is InChI=1S/2C14H18ClN2O.Ni/c2*1-10-3-2-4-13(17-10)9-16-8-11-7-12(15)5-6-14(11)18;/h2*5-8,10,13,18H,2-4,9H2,1H3;/q2*-1;+2. The number of hydrogen-bond donors (Lipinski definition) is 2. The fourth-order valence-corrected chi connectivity index (χ4v) is 4.76. The SMILES string of the molecule is CC1CCCC(CN=Cc2cc(Cl)ccc2O)[N-]1.CC1CCCC(CN=Cc2cc(Cl)ccc2O)[N-]1.[Ni+2]. The van der Waals surface area contributed by atoms with Crippen molar-refractivity contribution in [3.8, 4) is 11.5 Å². The Bertz CT molecular complexity index is 956. The molecule has 4 atom stereocenters. The summed E-state index contributed by atoms with van der Waals surface area (Å²) in [5, 5.41) is 29.8. The van der Waals surface area contributed by atoms with E-state index in [1.54, 1.807) is 48.8 Å². The van der Waals surface area contributed by atoms with Gasteiger partial charge >= 0.3 is 16.5 Å². The summed E-state index contributed by atoms with van der Waals surface area (Å²) in [5.74, 6) is 0.411. The molecule has 2 fully saturated rings. The Balaban J connectivity index is 0.000000253. The number of piperidine rings is 2. The smallest absolute Gasteiger partial charge is 0.655 e. The third-order valence-corrected chi connectivity index (χ3v) is 6.79. The number of hydrogen-bond acceptors (Lipinski definition) is 4. The molecule has 4 rings (SSSR count). The normalized spacial score (nSPS) is 23.9. The molecule has 0 radical (unpaired) electrons. The first kappa shape index (κ1) is 31.6. The number of aliphatic imine (C=N–C) groups is 2. The summed E-state index contributed by atoms with van der Waals surface area (Å²) in [6.45, 7) is 5.68. The molecule has 6 nitrogen and oxygen atoms in total. The van der Waals surface area contributed by atoms with Crippen LogP contribution in [0.15, 0.2) is 46.4 Å². The molecule has 0 amide bonds. The third-order valence-electron chi connectivity index (χ3n) is 6.32. The second-order valence-corrected chi connectivity index (χ2v) is 10.4.